The van der Waals surface area contributed by atoms with Gasteiger partial charge in [-0.1, -0.05) is 42.5 Å². The average Bonchev–Trinajstić information content (AvgIpc) is 2.65. The molecule has 2 aromatic rings. The molecule has 0 fully saturated rings. The summed E-state index contributed by atoms with van der Waals surface area (Å²) in [5, 5.41) is 2.69. The van der Waals surface area contributed by atoms with E-state index in [0.717, 1.165) is 5.56 Å². The molecule has 0 saturated carbocycles. The van der Waals surface area contributed by atoms with Crippen LogP contribution in [0.4, 0.5) is 4.39 Å². The second-order valence-corrected chi connectivity index (χ2v) is 5.68. The van der Waals surface area contributed by atoms with Gasteiger partial charge in [-0.15, -0.1) is 0 Å². The maximum absolute atomic E-state index is 13.4. The smallest absolute Gasteiger partial charge is 0.276 e. The SMILES string of the molecule is CC(=O)N[C@@H](CC(=O)NNC(=O)COc1ccccc1F)c1ccccc1. The average molecular weight is 373 g/mol. The molecule has 3 amide bonds. The van der Waals surface area contributed by atoms with E-state index in [1.807, 2.05) is 6.07 Å². The summed E-state index contributed by atoms with van der Waals surface area (Å²) in [5.74, 6) is -2.08. The predicted molar refractivity (Wildman–Crippen MR) is 95.8 cm³/mol. The summed E-state index contributed by atoms with van der Waals surface area (Å²) >= 11 is 0. The molecule has 7 nitrogen and oxygen atoms in total. The first-order chi connectivity index (χ1) is 13.0. The van der Waals surface area contributed by atoms with Gasteiger partial charge in [0, 0.05) is 6.92 Å². The number of nitrogens with one attached hydrogen (secondary N) is 3. The Morgan fingerprint density at radius 1 is 0.963 bits per heavy atom. The Balaban J connectivity index is 1.82. The molecule has 0 bridgehead atoms. The van der Waals surface area contributed by atoms with Gasteiger partial charge in [0.2, 0.25) is 11.8 Å². The highest BCUT2D eigenvalue weighted by molar-refractivity contribution is 5.83. The Labute approximate surface area is 155 Å². The monoisotopic (exact) mass is 373 g/mol. The number of carbonyl (C=O) groups excluding carboxylic acids is 3. The first kappa shape index (κ1) is 19.9. The van der Waals surface area contributed by atoms with Crippen molar-refractivity contribution in [2.45, 2.75) is 19.4 Å². The van der Waals surface area contributed by atoms with Gasteiger partial charge in [0.15, 0.2) is 18.2 Å². The summed E-state index contributed by atoms with van der Waals surface area (Å²) in [7, 11) is 0. The fraction of sp³-hybridized carbons (Fsp3) is 0.211. The lowest BCUT2D eigenvalue weighted by Gasteiger charge is -2.18. The summed E-state index contributed by atoms with van der Waals surface area (Å²) in [6.07, 6.45) is -0.0714. The molecule has 0 aromatic heterocycles. The van der Waals surface area contributed by atoms with E-state index < -0.39 is 30.3 Å². The Morgan fingerprint density at radius 2 is 1.59 bits per heavy atom. The van der Waals surface area contributed by atoms with Crippen molar-refractivity contribution in [3.8, 4) is 5.75 Å². The van der Waals surface area contributed by atoms with E-state index in [0.29, 0.717) is 0 Å². The third-order valence-electron chi connectivity index (χ3n) is 3.51. The zero-order chi connectivity index (χ0) is 19.6. The second-order valence-electron chi connectivity index (χ2n) is 5.68. The predicted octanol–water partition coefficient (Wildman–Crippen LogP) is 1.62. The molecule has 3 N–H and O–H groups in total. The molecule has 0 unspecified atom stereocenters. The zero-order valence-corrected chi connectivity index (χ0v) is 14.7. The van der Waals surface area contributed by atoms with Crippen molar-refractivity contribution in [3.63, 3.8) is 0 Å². The van der Waals surface area contributed by atoms with Crippen LogP contribution in [0.5, 0.6) is 5.75 Å². The molecule has 8 heteroatoms. The number of para-hydroxylation sites is 1. The molecule has 0 aliphatic rings. The van der Waals surface area contributed by atoms with Gasteiger partial charge in [-0.05, 0) is 17.7 Å². The minimum atomic E-state index is -0.651. The fourth-order valence-electron chi connectivity index (χ4n) is 2.30. The minimum absolute atomic E-state index is 0.0613. The van der Waals surface area contributed by atoms with Crippen molar-refractivity contribution in [3.05, 3.63) is 66.0 Å². The first-order valence-electron chi connectivity index (χ1n) is 8.22. The van der Waals surface area contributed by atoms with Crippen LogP contribution in [0.15, 0.2) is 54.6 Å². The third-order valence-corrected chi connectivity index (χ3v) is 3.51. The lowest BCUT2D eigenvalue weighted by atomic mass is 10.0. The lowest BCUT2D eigenvalue weighted by molar-refractivity contribution is -0.130. The van der Waals surface area contributed by atoms with Gasteiger partial charge < -0.3 is 10.1 Å². The molecule has 0 aliphatic heterocycles. The molecule has 0 spiro atoms. The van der Waals surface area contributed by atoms with E-state index in [1.165, 1.54) is 25.1 Å². The number of amides is 3. The van der Waals surface area contributed by atoms with Gasteiger partial charge in [-0.2, -0.15) is 0 Å². The topological polar surface area (TPSA) is 96.5 Å². The lowest BCUT2D eigenvalue weighted by Crippen LogP contribution is -2.45. The Morgan fingerprint density at radius 3 is 2.26 bits per heavy atom. The number of rotatable bonds is 7. The molecular formula is C19H20FN3O4. The normalized spacial score (nSPS) is 11.2. The summed E-state index contributed by atoms with van der Waals surface area (Å²) in [6, 6.07) is 14.1. The second kappa shape index (κ2) is 9.91. The summed E-state index contributed by atoms with van der Waals surface area (Å²) in [6.45, 7) is 0.894. The van der Waals surface area contributed by atoms with Gasteiger partial charge in [0.1, 0.15) is 0 Å². The summed E-state index contributed by atoms with van der Waals surface area (Å²) in [4.78, 5) is 35.1. The highest BCUT2D eigenvalue weighted by atomic mass is 19.1. The summed E-state index contributed by atoms with van der Waals surface area (Å²) < 4.78 is 18.4. The molecule has 27 heavy (non-hydrogen) atoms. The molecule has 142 valence electrons. The van der Waals surface area contributed by atoms with Crippen LogP contribution in [-0.2, 0) is 14.4 Å². The number of hydrazine groups is 1. The van der Waals surface area contributed by atoms with E-state index in [-0.39, 0.29) is 18.1 Å². The number of carbonyl (C=O) groups is 3. The summed E-state index contributed by atoms with van der Waals surface area (Å²) in [5.41, 5.74) is 5.19. The molecule has 1 atom stereocenters. The largest absolute Gasteiger partial charge is 0.481 e. The number of hydrogen-bond donors (Lipinski definition) is 3. The van der Waals surface area contributed by atoms with Gasteiger partial charge in [0.05, 0.1) is 12.5 Å². The van der Waals surface area contributed by atoms with Gasteiger partial charge in [0.25, 0.3) is 5.91 Å². The van der Waals surface area contributed by atoms with Crippen LogP contribution < -0.4 is 20.9 Å². The standard InChI is InChI=1S/C19H20FN3O4/c1-13(24)21-16(14-7-3-2-4-8-14)11-18(25)22-23-19(26)12-27-17-10-6-5-9-15(17)20/h2-10,16H,11-12H2,1H3,(H,21,24)(H,22,25)(H,23,26)/t16-/m0/s1. The molecule has 0 heterocycles. The molecule has 0 radical (unpaired) electrons. The number of hydrogen-bond acceptors (Lipinski definition) is 4. The van der Waals surface area contributed by atoms with Crippen LogP contribution in [0.3, 0.4) is 0 Å². The van der Waals surface area contributed by atoms with Crippen LogP contribution in [0, 0.1) is 5.82 Å². The zero-order valence-electron chi connectivity index (χ0n) is 14.7. The fourth-order valence-corrected chi connectivity index (χ4v) is 2.30. The van der Waals surface area contributed by atoms with E-state index in [2.05, 4.69) is 16.2 Å². The Kier molecular flexibility index (Phi) is 7.30. The van der Waals surface area contributed by atoms with E-state index in [9.17, 15) is 18.8 Å². The van der Waals surface area contributed by atoms with E-state index in [1.54, 1.807) is 30.3 Å². The number of halogens is 1. The van der Waals surface area contributed by atoms with Crippen molar-refractivity contribution in [1.82, 2.24) is 16.2 Å². The minimum Gasteiger partial charge on any atom is -0.481 e. The maximum atomic E-state index is 13.4. The molecular weight excluding hydrogens is 353 g/mol. The maximum Gasteiger partial charge on any atom is 0.276 e. The number of benzene rings is 2. The Bertz CT molecular complexity index is 799. The van der Waals surface area contributed by atoms with Crippen LogP contribution in [0.1, 0.15) is 24.9 Å². The molecule has 2 aromatic carbocycles. The van der Waals surface area contributed by atoms with Crippen molar-refractivity contribution in [1.29, 1.82) is 0 Å². The van der Waals surface area contributed by atoms with Gasteiger partial charge >= 0.3 is 0 Å². The highest BCUT2D eigenvalue weighted by Crippen LogP contribution is 2.16. The molecule has 0 aliphatic carbocycles. The van der Waals surface area contributed by atoms with Gasteiger partial charge in [-0.3, -0.25) is 25.2 Å². The van der Waals surface area contributed by atoms with Crippen LogP contribution in [0.25, 0.3) is 0 Å². The van der Waals surface area contributed by atoms with Gasteiger partial charge in [-0.25, -0.2) is 4.39 Å². The van der Waals surface area contributed by atoms with Crippen molar-refractivity contribution < 1.29 is 23.5 Å². The highest BCUT2D eigenvalue weighted by Gasteiger charge is 2.17. The molecule has 0 saturated heterocycles. The van der Waals surface area contributed by atoms with E-state index in [4.69, 9.17) is 4.74 Å². The van der Waals surface area contributed by atoms with Crippen LogP contribution in [-0.4, -0.2) is 24.3 Å². The van der Waals surface area contributed by atoms with Crippen LogP contribution in [0.2, 0.25) is 0 Å². The van der Waals surface area contributed by atoms with Crippen LogP contribution >= 0.6 is 0 Å². The van der Waals surface area contributed by atoms with Crippen molar-refractivity contribution in [2.24, 2.45) is 0 Å². The Hall–Kier alpha value is -3.42. The third kappa shape index (κ3) is 6.77. The number of ether oxygens (including phenoxy) is 1. The van der Waals surface area contributed by atoms with Crippen molar-refractivity contribution >= 4 is 17.7 Å². The quantitative estimate of drug-likeness (QED) is 0.643. The molecule has 2 rings (SSSR count). The van der Waals surface area contributed by atoms with E-state index >= 15 is 0 Å². The first-order valence-corrected chi connectivity index (χ1v) is 8.22. The van der Waals surface area contributed by atoms with Crippen molar-refractivity contribution in [2.75, 3.05) is 6.61 Å².